The Balaban J connectivity index is 4.45. The first-order valence-electron chi connectivity index (χ1n) is 3.06. The molecule has 0 rings (SSSR count). The van der Waals surface area contributed by atoms with Crippen molar-refractivity contribution in [2.75, 3.05) is 7.11 Å². The monoisotopic (exact) mass is 210 g/mol. The normalized spacial score (nSPS) is 12.3. The zero-order valence-corrected chi connectivity index (χ0v) is 7.93. The minimum atomic E-state index is -1.23. The second-order valence-corrected chi connectivity index (χ2v) is 3.04. The molecule has 0 aliphatic rings. The number of carbonyl (C=O) groups is 2. The summed E-state index contributed by atoms with van der Waals surface area (Å²) in [6.45, 7) is 3.29. The number of ether oxygens (including phenoxy) is 1. The van der Waals surface area contributed by atoms with Crippen LogP contribution in [0.5, 0.6) is 0 Å². The topological polar surface area (TPSA) is 43.4 Å². The van der Waals surface area contributed by atoms with E-state index >= 15 is 0 Å². The average molecular weight is 211 g/mol. The molecule has 1 unspecified atom stereocenters. The summed E-state index contributed by atoms with van der Waals surface area (Å²) in [7, 11) is 1.17. The van der Waals surface area contributed by atoms with E-state index in [1.54, 1.807) is 0 Å². The molecule has 0 saturated carbocycles. The van der Waals surface area contributed by atoms with Gasteiger partial charge in [0.1, 0.15) is 5.92 Å². The molecule has 0 fully saturated rings. The molecule has 0 radical (unpaired) electrons. The minimum absolute atomic E-state index is 0.625. The van der Waals surface area contributed by atoms with Crippen molar-refractivity contribution in [2.24, 2.45) is 5.92 Å². The van der Waals surface area contributed by atoms with Gasteiger partial charge in [0.15, 0.2) is 10.6 Å². The smallest absolute Gasteiger partial charge is 0.320 e. The fourth-order valence-corrected chi connectivity index (χ4v) is 0.863. The number of hydrogen-bond acceptors (Lipinski definition) is 3. The van der Waals surface area contributed by atoms with Gasteiger partial charge in [0.25, 0.3) is 0 Å². The third-order valence-electron chi connectivity index (χ3n) is 1.21. The van der Waals surface area contributed by atoms with Crippen molar-refractivity contribution in [3.05, 3.63) is 12.7 Å². The summed E-state index contributed by atoms with van der Waals surface area (Å²) in [5.74, 6) is -2.41. The number of ketones is 1. The van der Waals surface area contributed by atoms with E-state index in [-0.39, 0.29) is 0 Å². The zero-order valence-electron chi connectivity index (χ0n) is 6.42. The molecule has 0 aromatic carbocycles. The van der Waals surface area contributed by atoms with E-state index in [2.05, 4.69) is 11.3 Å². The molecule has 0 bridgehead atoms. The van der Waals surface area contributed by atoms with E-state index in [0.717, 1.165) is 6.08 Å². The summed E-state index contributed by atoms with van der Waals surface area (Å²) >= 11 is 10.5. The largest absolute Gasteiger partial charge is 0.468 e. The van der Waals surface area contributed by atoms with Gasteiger partial charge < -0.3 is 4.74 Å². The van der Waals surface area contributed by atoms with E-state index in [9.17, 15) is 9.59 Å². The molecule has 1 atom stereocenters. The molecule has 12 heavy (non-hydrogen) atoms. The van der Waals surface area contributed by atoms with Crippen LogP contribution in [0.25, 0.3) is 0 Å². The van der Waals surface area contributed by atoms with Crippen LogP contribution in [0.1, 0.15) is 0 Å². The van der Waals surface area contributed by atoms with Crippen molar-refractivity contribution in [3.8, 4) is 0 Å². The molecule has 0 aromatic rings. The van der Waals surface area contributed by atoms with Crippen molar-refractivity contribution < 1.29 is 14.3 Å². The predicted molar refractivity (Wildman–Crippen MR) is 46.2 cm³/mol. The van der Waals surface area contributed by atoms with Crippen LogP contribution in [0.15, 0.2) is 12.7 Å². The predicted octanol–water partition coefficient (Wildman–Crippen LogP) is 1.33. The molecular formula is C7H8Cl2O3. The van der Waals surface area contributed by atoms with Gasteiger partial charge in [-0.3, -0.25) is 9.59 Å². The van der Waals surface area contributed by atoms with Gasteiger partial charge in [0.2, 0.25) is 0 Å². The molecule has 0 saturated heterocycles. The quantitative estimate of drug-likeness (QED) is 0.305. The van der Waals surface area contributed by atoms with E-state index in [1.807, 2.05) is 0 Å². The molecule has 68 valence electrons. The van der Waals surface area contributed by atoms with Gasteiger partial charge in [-0.05, 0) is 0 Å². The van der Waals surface area contributed by atoms with Gasteiger partial charge in [-0.15, -0.1) is 6.58 Å². The number of halogens is 2. The van der Waals surface area contributed by atoms with Gasteiger partial charge in [0, 0.05) is 0 Å². The second-order valence-electron chi connectivity index (χ2n) is 1.94. The van der Waals surface area contributed by atoms with Gasteiger partial charge >= 0.3 is 5.97 Å². The summed E-state index contributed by atoms with van der Waals surface area (Å²) in [6, 6.07) is 0. The lowest BCUT2D eigenvalue weighted by Gasteiger charge is -2.08. The van der Waals surface area contributed by atoms with Crippen LogP contribution in [0.2, 0.25) is 0 Å². The number of Topliss-reactive ketones (excluding diaryl/α,β-unsaturated/α-hetero) is 1. The van der Waals surface area contributed by atoms with Crippen LogP contribution in [0.4, 0.5) is 0 Å². The van der Waals surface area contributed by atoms with Crippen molar-refractivity contribution in [2.45, 2.75) is 4.84 Å². The molecule has 0 aromatic heterocycles. The highest BCUT2D eigenvalue weighted by Crippen LogP contribution is 2.13. The molecule has 0 spiro atoms. The minimum Gasteiger partial charge on any atom is -0.468 e. The van der Waals surface area contributed by atoms with Crippen molar-refractivity contribution in [1.82, 2.24) is 0 Å². The van der Waals surface area contributed by atoms with E-state index in [1.165, 1.54) is 7.11 Å². The summed E-state index contributed by atoms with van der Waals surface area (Å²) in [6.07, 6.45) is 1.14. The van der Waals surface area contributed by atoms with Gasteiger partial charge in [-0.25, -0.2) is 0 Å². The standard InChI is InChI=1S/C7H8Cl2O3/c1-3-4(7(11)12-2)5(10)6(8)9/h3-4,6H,1H2,2H3. The third kappa shape index (κ3) is 2.83. The molecule has 5 heteroatoms. The second kappa shape index (κ2) is 5.17. The van der Waals surface area contributed by atoms with Gasteiger partial charge in [-0.2, -0.15) is 0 Å². The van der Waals surface area contributed by atoms with Crippen LogP contribution in [-0.2, 0) is 14.3 Å². The SMILES string of the molecule is C=CC(C(=O)OC)C(=O)C(Cl)Cl. The first-order valence-corrected chi connectivity index (χ1v) is 3.94. The van der Waals surface area contributed by atoms with Crippen LogP contribution >= 0.6 is 23.2 Å². The zero-order chi connectivity index (χ0) is 9.72. The maximum atomic E-state index is 11.0. The van der Waals surface area contributed by atoms with Crippen molar-refractivity contribution in [1.29, 1.82) is 0 Å². The van der Waals surface area contributed by atoms with Crippen molar-refractivity contribution >= 4 is 35.0 Å². The summed E-state index contributed by atoms with van der Waals surface area (Å²) in [5, 5.41) is 0. The highest BCUT2D eigenvalue weighted by Gasteiger charge is 2.28. The Morgan fingerprint density at radius 1 is 1.50 bits per heavy atom. The first kappa shape index (κ1) is 11.5. The first-order chi connectivity index (χ1) is 5.54. The molecule has 0 amide bonds. The lowest BCUT2D eigenvalue weighted by Crippen LogP contribution is -2.27. The number of rotatable bonds is 4. The fraction of sp³-hybridized carbons (Fsp3) is 0.429. The van der Waals surface area contributed by atoms with Crippen LogP contribution in [0, 0.1) is 5.92 Å². The Labute approximate surface area is 80.3 Å². The Bertz CT molecular complexity index is 201. The number of carbonyl (C=O) groups excluding carboxylic acids is 2. The average Bonchev–Trinajstić information content (AvgIpc) is 2.05. The molecule has 0 aliphatic carbocycles. The van der Waals surface area contributed by atoms with Crippen LogP contribution < -0.4 is 0 Å². The fourth-order valence-electron chi connectivity index (χ4n) is 0.591. The van der Waals surface area contributed by atoms with E-state index < -0.39 is 22.5 Å². The van der Waals surface area contributed by atoms with Gasteiger partial charge in [-0.1, -0.05) is 29.3 Å². The third-order valence-corrected chi connectivity index (χ3v) is 1.64. The van der Waals surface area contributed by atoms with E-state index in [0.29, 0.717) is 0 Å². The Morgan fingerprint density at radius 2 is 2.00 bits per heavy atom. The Morgan fingerprint density at radius 3 is 2.25 bits per heavy atom. The summed E-state index contributed by atoms with van der Waals surface area (Å²) < 4.78 is 4.33. The number of alkyl halides is 2. The summed E-state index contributed by atoms with van der Waals surface area (Å²) in [5.41, 5.74) is 0. The Kier molecular flexibility index (Phi) is 4.93. The Hall–Kier alpha value is -0.540. The number of methoxy groups -OCH3 is 1. The maximum Gasteiger partial charge on any atom is 0.320 e. The van der Waals surface area contributed by atoms with E-state index in [4.69, 9.17) is 23.2 Å². The highest BCUT2D eigenvalue weighted by atomic mass is 35.5. The number of esters is 1. The molecule has 0 heterocycles. The van der Waals surface area contributed by atoms with Gasteiger partial charge in [0.05, 0.1) is 7.11 Å². The highest BCUT2D eigenvalue weighted by molar-refractivity contribution is 6.54. The molecule has 3 nitrogen and oxygen atoms in total. The lowest BCUT2D eigenvalue weighted by atomic mass is 10.1. The van der Waals surface area contributed by atoms with Crippen molar-refractivity contribution in [3.63, 3.8) is 0 Å². The molecule has 0 N–H and O–H groups in total. The number of hydrogen-bond donors (Lipinski definition) is 0. The molecule has 0 aliphatic heterocycles. The van der Waals surface area contributed by atoms with Crippen LogP contribution in [-0.4, -0.2) is 23.7 Å². The summed E-state index contributed by atoms with van der Waals surface area (Å²) in [4.78, 5) is 20.7. The maximum absolute atomic E-state index is 11.0. The molecular weight excluding hydrogens is 203 g/mol. The lowest BCUT2D eigenvalue weighted by molar-refractivity contribution is -0.146. The van der Waals surface area contributed by atoms with Crippen LogP contribution in [0.3, 0.4) is 0 Å².